The molecule has 272 valence electrons. The lowest BCUT2D eigenvalue weighted by Gasteiger charge is -2.26. The predicted molar refractivity (Wildman–Crippen MR) is 251 cm³/mol. The van der Waals surface area contributed by atoms with Gasteiger partial charge in [-0.2, -0.15) is 0 Å². The maximum Gasteiger partial charge on any atom is 0.0462 e. The van der Waals surface area contributed by atoms with Gasteiger partial charge in [0.2, 0.25) is 0 Å². The van der Waals surface area contributed by atoms with E-state index in [0.29, 0.717) is 0 Å². The molecule has 0 bridgehead atoms. The van der Waals surface area contributed by atoms with Gasteiger partial charge in [-0.1, -0.05) is 170 Å². The fourth-order valence-corrected chi connectivity index (χ4v) is 9.86. The van der Waals surface area contributed by atoms with E-state index in [0.717, 1.165) is 17.1 Å². The minimum Gasteiger partial charge on any atom is -0.311 e. The summed E-state index contributed by atoms with van der Waals surface area (Å²) in [7, 11) is 0. The lowest BCUT2D eigenvalue weighted by Crippen LogP contribution is -2.09. The zero-order valence-corrected chi connectivity index (χ0v) is 32.5. The zero-order valence-electron chi connectivity index (χ0n) is 31.7. The second-order valence-electron chi connectivity index (χ2n) is 14.9. The summed E-state index contributed by atoms with van der Waals surface area (Å²) in [5.74, 6) is 0. The van der Waals surface area contributed by atoms with Gasteiger partial charge in [-0.15, -0.1) is 11.3 Å². The molecule has 0 saturated carbocycles. The standard InChI is InChI=1S/C56H37NS/c1-2-13-38(14-3-1)46-16-6-7-17-47(46)39-25-31-43(32-26-39)57(44-33-27-40(28-34-44)49-22-12-24-55-56(49)52-21-10-11-23-54(52)58-55)45-35-29-41(30-36-45)53-37-42-15-4-5-18-48(42)50-19-8-9-20-51(50)53/h1-37H. The first-order valence-electron chi connectivity index (χ1n) is 19.8. The quantitative estimate of drug-likeness (QED) is 0.146. The summed E-state index contributed by atoms with van der Waals surface area (Å²) in [4.78, 5) is 2.37. The molecule has 1 aromatic heterocycles. The van der Waals surface area contributed by atoms with Gasteiger partial charge in [0.05, 0.1) is 0 Å². The predicted octanol–water partition coefficient (Wildman–Crippen LogP) is 16.5. The van der Waals surface area contributed by atoms with Gasteiger partial charge in [-0.05, 0) is 121 Å². The Bertz CT molecular complexity index is 3250. The summed E-state index contributed by atoms with van der Waals surface area (Å²) in [6.45, 7) is 0. The van der Waals surface area contributed by atoms with Crippen molar-refractivity contribution in [2.45, 2.75) is 0 Å². The van der Waals surface area contributed by atoms with Crippen molar-refractivity contribution in [3.05, 3.63) is 224 Å². The SMILES string of the molecule is c1ccc(-c2ccccc2-c2ccc(N(c3ccc(-c4cc5ccccc5c5ccccc45)cc3)c3ccc(-c4cccc5sc6ccccc6c45)cc3)cc2)cc1. The van der Waals surface area contributed by atoms with Crippen LogP contribution >= 0.6 is 11.3 Å². The number of thiophene rings is 1. The molecule has 0 aliphatic rings. The fraction of sp³-hybridized carbons (Fsp3) is 0. The monoisotopic (exact) mass is 755 g/mol. The molecular formula is C56H37NS. The summed E-state index contributed by atoms with van der Waals surface area (Å²) in [6.07, 6.45) is 0. The van der Waals surface area contributed by atoms with E-state index < -0.39 is 0 Å². The van der Waals surface area contributed by atoms with Crippen molar-refractivity contribution in [1.29, 1.82) is 0 Å². The molecule has 0 aliphatic heterocycles. The Hall–Kier alpha value is -7.26. The molecule has 58 heavy (non-hydrogen) atoms. The number of anilines is 3. The minimum atomic E-state index is 1.10. The molecule has 1 nitrogen and oxygen atoms in total. The Morgan fingerprint density at radius 1 is 0.276 bits per heavy atom. The van der Waals surface area contributed by atoms with Gasteiger partial charge in [0.15, 0.2) is 0 Å². The van der Waals surface area contributed by atoms with Gasteiger partial charge in [0, 0.05) is 37.2 Å². The highest BCUT2D eigenvalue weighted by Gasteiger charge is 2.17. The second-order valence-corrected chi connectivity index (χ2v) is 15.9. The van der Waals surface area contributed by atoms with Gasteiger partial charge >= 0.3 is 0 Å². The van der Waals surface area contributed by atoms with E-state index in [-0.39, 0.29) is 0 Å². The molecular weight excluding hydrogens is 719 g/mol. The van der Waals surface area contributed by atoms with Crippen molar-refractivity contribution in [1.82, 2.24) is 0 Å². The van der Waals surface area contributed by atoms with Gasteiger partial charge in [-0.25, -0.2) is 0 Å². The van der Waals surface area contributed by atoms with E-state index in [4.69, 9.17) is 0 Å². The molecule has 0 spiro atoms. The number of hydrogen-bond donors (Lipinski definition) is 0. The summed E-state index contributed by atoms with van der Waals surface area (Å²) >= 11 is 1.86. The van der Waals surface area contributed by atoms with Crippen molar-refractivity contribution < 1.29 is 0 Å². The normalized spacial score (nSPS) is 11.4. The van der Waals surface area contributed by atoms with Gasteiger partial charge < -0.3 is 4.90 Å². The molecule has 0 atom stereocenters. The van der Waals surface area contributed by atoms with Crippen LogP contribution in [-0.4, -0.2) is 0 Å². The van der Waals surface area contributed by atoms with Crippen molar-refractivity contribution in [2.24, 2.45) is 0 Å². The third-order valence-corrected chi connectivity index (χ3v) is 12.6. The lowest BCUT2D eigenvalue weighted by molar-refractivity contribution is 1.28. The van der Waals surface area contributed by atoms with Crippen LogP contribution in [0.2, 0.25) is 0 Å². The van der Waals surface area contributed by atoms with E-state index in [9.17, 15) is 0 Å². The van der Waals surface area contributed by atoms with Crippen LogP contribution in [0.25, 0.3) is 86.2 Å². The fourth-order valence-electron chi connectivity index (χ4n) is 8.73. The Labute approximate surface area is 342 Å². The molecule has 2 heteroatoms. The highest BCUT2D eigenvalue weighted by molar-refractivity contribution is 7.25. The number of nitrogens with zero attached hydrogens (tertiary/aromatic N) is 1. The number of hydrogen-bond acceptors (Lipinski definition) is 2. The van der Waals surface area contributed by atoms with Gasteiger partial charge in [0.25, 0.3) is 0 Å². The van der Waals surface area contributed by atoms with E-state index in [1.807, 2.05) is 11.3 Å². The Morgan fingerprint density at radius 2 is 0.724 bits per heavy atom. The summed E-state index contributed by atoms with van der Waals surface area (Å²) in [5, 5.41) is 7.73. The molecule has 1 heterocycles. The van der Waals surface area contributed by atoms with E-state index >= 15 is 0 Å². The van der Waals surface area contributed by atoms with E-state index in [1.165, 1.54) is 86.2 Å². The van der Waals surface area contributed by atoms with Crippen LogP contribution in [0.15, 0.2) is 224 Å². The Balaban J connectivity index is 1.02. The van der Waals surface area contributed by atoms with Crippen LogP contribution in [-0.2, 0) is 0 Å². The minimum absolute atomic E-state index is 1.10. The molecule has 0 unspecified atom stereocenters. The first-order valence-corrected chi connectivity index (χ1v) is 20.7. The molecule has 0 N–H and O–H groups in total. The molecule has 0 fully saturated rings. The summed E-state index contributed by atoms with van der Waals surface area (Å²) < 4.78 is 2.64. The van der Waals surface area contributed by atoms with Crippen molar-refractivity contribution in [2.75, 3.05) is 4.90 Å². The molecule has 0 amide bonds. The summed E-state index contributed by atoms with van der Waals surface area (Å²) in [6, 6.07) is 81.8. The first-order chi connectivity index (χ1) is 28.8. The smallest absolute Gasteiger partial charge is 0.0462 e. The lowest BCUT2D eigenvalue weighted by atomic mass is 9.93. The van der Waals surface area contributed by atoms with Crippen LogP contribution in [0.5, 0.6) is 0 Å². The van der Waals surface area contributed by atoms with Gasteiger partial charge in [0.1, 0.15) is 0 Å². The first kappa shape index (κ1) is 34.0. The Kier molecular flexibility index (Phi) is 8.42. The van der Waals surface area contributed by atoms with Crippen molar-refractivity contribution >= 4 is 70.1 Å². The Morgan fingerprint density at radius 3 is 1.38 bits per heavy atom. The molecule has 10 aromatic carbocycles. The maximum absolute atomic E-state index is 2.37. The van der Waals surface area contributed by atoms with Crippen LogP contribution < -0.4 is 4.90 Å². The summed E-state index contributed by atoms with van der Waals surface area (Å²) in [5.41, 5.74) is 13.1. The van der Waals surface area contributed by atoms with Crippen LogP contribution in [0, 0.1) is 0 Å². The molecule has 0 saturated heterocycles. The van der Waals surface area contributed by atoms with Crippen LogP contribution in [0.3, 0.4) is 0 Å². The molecule has 0 radical (unpaired) electrons. The number of rotatable bonds is 7. The van der Waals surface area contributed by atoms with Gasteiger partial charge in [-0.3, -0.25) is 0 Å². The topological polar surface area (TPSA) is 3.24 Å². The second kappa shape index (κ2) is 14.4. The highest BCUT2D eigenvalue weighted by atomic mass is 32.1. The highest BCUT2D eigenvalue weighted by Crippen LogP contribution is 2.43. The van der Waals surface area contributed by atoms with E-state index in [1.54, 1.807) is 0 Å². The third-order valence-electron chi connectivity index (χ3n) is 11.5. The third kappa shape index (κ3) is 5.94. The molecule has 11 aromatic rings. The average molecular weight is 756 g/mol. The molecule has 0 aliphatic carbocycles. The van der Waals surface area contributed by atoms with E-state index in [2.05, 4.69) is 229 Å². The zero-order chi connectivity index (χ0) is 38.4. The maximum atomic E-state index is 2.37. The number of benzene rings is 10. The van der Waals surface area contributed by atoms with Crippen LogP contribution in [0.4, 0.5) is 17.1 Å². The largest absolute Gasteiger partial charge is 0.311 e. The average Bonchev–Trinajstić information content (AvgIpc) is 3.69. The van der Waals surface area contributed by atoms with Crippen molar-refractivity contribution in [3.63, 3.8) is 0 Å². The van der Waals surface area contributed by atoms with Crippen molar-refractivity contribution in [3.8, 4) is 44.5 Å². The number of fused-ring (bicyclic) bond motifs is 6. The van der Waals surface area contributed by atoms with Crippen LogP contribution in [0.1, 0.15) is 0 Å². The molecule has 11 rings (SSSR count).